The number of rotatable bonds is 47. The molecule has 0 amide bonds. The van der Waals surface area contributed by atoms with E-state index in [2.05, 4.69) is 62.5 Å². The van der Waals surface area contributed by atoms with Gasteiger partial charge in [-0.25, -0.2) is 4.57 Å². The molecule has 0 aliphatic rings. The second-order valence-corrected chi connectivity index (χ2v) is 17.8. The lowest BCUT2D eigenvalue weighted by Crippen LogP contribution is -2.28. The predicted molar refractivity (Wildman–Crippen MR) is 252 cm³/mol. The highest BCUT2D eigenvalue weighted by Crippen LogP contribution is 2.43. The average molecular weight is 852 g/mol. The van der Waals surface area contributed by atoms with E-state index in [1.165, 1.54) is 154 Å². The summed E-state index contributed by atoms with van der Waals surface area (Å²) in [4.78, 5) is 22.6. The summed E-state index contributed by atoms with van der Waals surface area (Å²) in [6.07, 6.45) is 57.0. The van der Waals surface area contributed by atoms with Gasteiger partial charge in [0.05, 0.1) is 19.8 Å². The molecule has 0 radical (unpaired) electrons. The molecule has 0 bridgehead atoms. The van der Waals surface area contributed by atoms with Gasteiger partial charge in [-0.2, -0.15) is 0 Å². The van der Waals surface area contributed by atoms with E-state index in [1.807, 2.05) is 0 Å². The molecule has 0 aliphatic carbocycles. The number of unbranched alkanes of at least 4 members (excludes halogenated alkanes) is 26. The molecule has 0 fully saturated rings. The maximum absolute atomic E-state index is 12.6. The summed E-state index contributed by atoms with van der Waals surface area (Å²) in [5, 5.41) is 0. The van der Waals surface area contributed by atoms with E-state index < -0.39 is 13.9 Å². The summed E-state index contributed by atoms with van der Waals surface area (Å²) in [5.74, 6) is -0.338. The van der Waals surface area contributed by atoms with Crippen LogP contribution in [0.2, 0.25) is 0 Å². The fourth-order valence-electron chi connectivity index (χ4n) is 6.82. The molecular formula is C50H94NO7P. The van der Waals surface area contributed by atoms with Gasteiger partial charge in [-0.15, -0.1) is 0 Å². The summed E-state index contributed by atoms with van der Waals surface area (Å²) in [7, 11) is -4.28. The quantitative estimate of drug-likeness (QED) is 0.0269. The molecular weight excluding hydrogens is 758 g/mol. The second-order valence-electron chi connectivity index (χ2n) is 16.3. The first-order valence-electron chi connectivity index (χ1n) is 24.6. The Bertz CT molecular complexity index is 1050. The zero-order valence-electron chi connectivity index (χ0n) is 38.5. The first-order chi connectivity index (χ1) is 28.9. The van der Waals surface area contributed by atoms with Gasteiger partial charge in [0.2, 0.25) is 0 Å². The van der Waals surface area contributed by atoms with Crippen LogP contribution in [-0.2, 0) is 27.9 Å². The Morgan fingerprint density at radius 1 is 0.508 bits per heavy atom. The van der Waals surface area contributed by atoms with Gasteiger partial charge in [0, 0.05) is 19.6 Å². The summed E-state index contributed by atoms with van der Waals surface area (Å²) >= 11 is 0. The summed E-state index contributed by atoms with van der Waals surface area (Å²) in [6, 6.07) is 0. The number of hydrogen-bond donors (Lipinski definition) is 2. The third-order valence-electron chi connectivity index (χ3n) is 10.5. The molecule has 0 aromatic rings. The van der Waals surface area contributed by atoms with Crippen LogP contribution in [0, 0.1) is 0 Å². The Hall–Kier alpha value is -1.54. The lowest BCUT2D eigenvalue weighted by molar-refractivity contribution is -0.154. The van der Waals surface area contributed by atoms with Crippen LogP contribution in [0.4, 0.5) is 0 Å². The largest absolute Gasteiger partial charge is 0.472 e. The van der Waals surface area contributed by atoms with Crippen molar-refractivity contribution in [1.82, 2.24) is 0 Å². The van der Waals surface area contributed by atoms with Gasteiger partial charge in [0.15, 0.2) is 0 Å². The number of carbonyl (C=O) groups is 1. The first-order valence-corrected chi connectivity index (χ1v) is 26.1. The van der Waals surface area contributed by atoms with Crippen LogP contribution in [0.3, 0.4) is 0 Å². The molecule has 0 heterocycles. The van der Waals surface area contributed by atoms with Crippen LogP contribution in [-0.4, -0.2) is 49.9 Å². The Labute approximate surface area is 364 Å². The zero-order chi connectivity index (χ0) is 43.0. The molecule has 59 heavy (non-hydrogen) atoms. The summed E-state index contributed by atoms with van der Waals surface area (Å²) < 4.78 is 33.5. The first kappa shape index (κ1) is 57.5. The number of carbonyl (C=O) groups excluding carboxylic acids is 1. The van der Waals surface area contributed by atoms with Crippen molar-refractivity contribution in [2.24, 2.45) is 5.73 Å². The molecule has 2 atom stereocenters. The van der Waals surface area contributed by atoms with E-state index in [0.717, 1.165) is 51.4 Å². The molecule has 2 unspecified atom stereocenters. The molecule has 0 saturated heterocycles. The van der Waals surface area contributed by atoms with Crippen LogP contribution in [0.25, 0.3) is 0 Å². The zero-order valence-corrected chi connectivity index (χ0v) is 39.4. The van der Waals surface area contributed by atoms with Crippen molar-refractivity contribution in [3.8, 4) is 0 Å². The maximum Gasteiger partial charge on any atom is 0.472 e. The highest BCUT2D eigenvalue weighted by atomic mass is 31.2. The van der Waals surface area contributed by atoms with Gasteiger partial charge in [0.25, 0.3) is 0 Å². The minimum Gasteiger partial charge on any atom is -0.457 e. The number of hydrogen-bond acceptors (Lipinski definition) is 7. The monoisotopic (exact) mass is 852 g/mol. The van der Waals surface area contributed by atoms with Crippen molar-refractivity contribution in [1.29, 1.82) is 0 Å². The van der Waals surface area contributed by atoms with Crippen molar-refractivity contribution < 1.29 is 32.8 Å². The standard InChI is InChI=1S/C50H94NO7P/c1-3-5-7-9-11-13-15-17-19-21-23-24-25-26-28-30-32-34-36-38-40-42-45-55-47-49(48-57-59(53,54)56-46-44-51)58-50(52)43-41-39-37-35-33-31-29-27-22-20-18-16-14-12-10-8-6-4-2/h14-17,20-23,49H,3-13,18-19,24-48,51H2,1-2H3,(H,53,54)/b16-14-,17-15-,22-20-,23-21-. The van der Waals surface area contributed by atoms with E-state index >= 15 is 0 Å². The molecule has 0 aromatic heterocycles. The summed E-state index contributed by atoms with van der Waals surface area (Å²) in [5.41, 5.74) is 5.38. The minimum absolute atomic E-state index is 0.0974. The number of phosphoric ester groups is 1. The van der Waals surface area contributed by atoms with Crippen molar-refractivity contribution in [3.63, 3.8) is 0 Å². The van der Waals surface area contributed by atoms with E-state index in [1.54, 1.807) is 0 Å². The molecule has 346 valence electrons. The number of esters is 1. The van der Waals surface area contributed by atoms with Gasteiger partial charge in [0.1, 0.15) is 6.10 Å². The molecule has 0 spiro atoms. The topological polar surface area (TPSA) is 117 Å². The third kappa shape index (κ3) is 47.4. The third-order valence-corrected chi connectivity index (χ3v) is 11.5. The lowest BCUT2D eigenvalue weighted by atomic mass is 10.1. The van der Waals surface area contributed by atoms with Crippen LogP contribution in [0.15, 0.2) is 48.6 Å². The number of nitrogens with two attached hydrogens (primary N) is 1. The van der Waals surface area contributed by atoms with Gasteiger partial charge >= 0.3 is 13.8 Å². The normalized spacial score (nSPS) is 13.8. The van der Waals surface area contributed by atoms with Crippen LogP contribution < -0.4 is 5.73 Å². The maximum atomic E-state index is 12.6. The van der Waals surface area contributed by atoms with Crippen LogP contribution in [0.5, 0.6) is 0 Å². The Kier molecular flexibility index (Phi) is 46.3. The van der Waals surface area contributed by atoms with Crippen molar-refractivity contribution in [2.45, 2.75) is 232 Å². The van der Waals surface area contributed by atoms with Gasteiger partial charge < -0.3 is 20.1 Å². The lowest BCUT2D eigenvalue weighted by Gasteiger charge is -2.20. The van der Waals surface area contributed by atoms with Gasteiger partial charge in [-0.3, -0.25) is 13.8 Å². The highest BCUT2D eigenvalue weighted by molar-refractivity contribution is 7.47. The molecule has 3 N–H and O–H groups in total. The van der Waals surface area contributed by atoms with Crippen LogP contribution in [0.1, 0.15) is 226 Å². The fourth-order valence-corrected chi connectivity index (χ4v) is 7.59. The molecule has 9 heteroatoms. The van der Waals surface area contributed by atoms with E-state index in [9.17, 15) is 14.3 Å². The molecule has 0 aliphatic heterocycles. The number of ether oxygens (including phenoxy) is 2. The van der Waals surface area contributed by atoms with Crippen molar-refractivity contribution >= 4 is 13.8 Å². The highest BCUT2D eigenvalue weighted by Gasteiger charge is 2.25. The molecule has 0 aromatic carbocycles. The average Bonchev–Trinajstić information content (AvgIpc) is 3.23. The van der Waals surface area contributed by atoms with Crippen LogP contribution >= 0.6 is 7.82 Å². The second kappa shape index (κ2) is 47.5. The van der Waals surface area contributed by atoms with Crippen molar-refractivity contribution in [2.75, 3.05) is 33.0 Å². The summed E-state index contributed by atoms with van der Waals surface area (Å²) in [6.45, 7) is 4.90. The SMILES string of the molecule is CCCCCC/C=C\C/C=C\CCCCCCCCCC(=O)OC(COCCCCCCCCCCCC/C=C\C/C=C\CCCCCCC)COP(=O)(O)OCCN. The Morgan fingerprint density at radius 2 is 0.898 bits per heavy atom. The molecule has 8 nitrogen and oxygen atoms in total. The molecule has 0 rings (SSSR count). The number of allylic oxidation sites excluding steroid dienone is 8. The minimum atomic E-state index is -4.28. The number of phosphoric acid groups is 1. The van der Waals surface area contributed by atoms with Gasteiger partial charge in [-0.1, -0.05) is 191 Å². The Morgan fingerprint density at radius 3 is 1.34 bits per heavy atom. The molecule has 0 saturated carbocycles. The van der Waals surface area contributed by atoms with Gasteiger partial charge in [-0.05, 0) is 77.0 Å². The predicted octanol–water partition coefficient (Wildman–Crippen LogP) is 15.1. The van der Waals surface area contributed by atoms with E-state index in [4.69, 9.17) is 24.3 Å². The Balaban J connectivity index is 3.98. The van der Waals surface area contributed by atoms with E-state index in [0.29, 0.717) is 13.0 Å². The fraction of sp³-hybridized carbons (Fsp3) is 0.820. The van der Waals surface area contributed by atoms with E-state index in [-0.39, 0.29) is 32.3 Å². The smallest absolute Gasteiger partial charge is 0.457 e. The van der Waals surface area contributed by atoms with Crippen molar-refractivity contribution in [3.05, 3.63) is 48.6 Å².